The van der Waals surface area contributed by atoms with Crippen LogP contribution in [0.25, 0.3) is 10.9 Å². The molecule has 2 aromatic carbocycles. The number of amides is 2. The van der Waals surface area contributed by atoms with Gasteiger partial charge >= 0.3 is 0 Å². The molecule has 0 unspecified atom stereocenters. The van der Waals surface area contributed by atoms with Gasteiger partial charge in [0.1, 0.15) is 30.7 Å². The van der Waals surface area contributed by atoms with E-state index in [1.165, 1.54) is 26.2 Å². The zero-order chi connectivity index (χ0) is 26.1. The Morgan fingerprint density at radius 3 is 2.61 bits per heavy atom. The van der Waals surface area contributed by atoms with Crippen molar-refractivity contribution in [3.05, 3.63) is 70.6 Å². The Hall–Kier alpha value is -3.30. The molecule has 10 heteroatoms. The number of nitrogens with one attached hydrogen (secondary N) is 1. The number of benzene rings is 2. The van der Waals surface area contributed by atoms with Crippen molar-refractivity contribution in [2.45, 2.75) is 44.8 Å². The Labute approximate surface area is 212 Å². The first kappa shape index (κ1) is 25.8. The van der Waals surface area contributed by atoms with Gasteiger partial charge in [-0.25, -0.2) is 8.78 Å². The average molecular weight is 518 g/mol. The molecule has 1 aliphatic heterocycles. The molecule has 4 atom stereocenters. The fourth-order valence-corrected chi connectivity index (χ4v) is 4.91. The van der Waals surface area contributed by atoms with Gasteiger partial charge in [-0.15, -0.1) is 0 Å². The average Bonchev–Trinajstić information content (AvgIpc) is 3.38. The molecular weight excluding hydrogens is 492 g/mol. The van der Waals surface area contributed by atoms with Crippen LogP contribution in [0.15, 0.2) is 48.7 Å². The fraction of sp³-hybridized carbons (Fsp3) is 0.346. The highest BCUT2D eigenvalue weighted by Crippen LogP contribution is 2.28. The van der Waals surface area contributed by atoms with Gasteiger partial charge in [-0.1, -0.05) is 41.9 Å². The molecule has 0 radical (unpaired) electrons. The number of ketones is 1. The number of halogens is 3. The summed E-state index contributed by atoms with van der Waals surface area (Å²) in [6.07, 6.45) is -1.21. The van der Waals surface area contributed by atoms with Gasteiger partial charge in [0.15, 0.2) is 5.78 Å². The van der Waals surface area contributed by atoms with E-state index in [4.69, 9.17) is 16.3 Å². The molecule has 1 saturated heterocycles. The maximum absolute atomic E-state index is 14.9. The molecular formula is C26H26ClF2N3O4. The highest BCUT2D eigenvalue weighted by molar-refractivity contribution is 6.30. The van der Waals surface area contributed by atoms with Crippen LogP contribution in [0.3, 0.4) is 0 Å². The lowest BCUT2D eigenvalue weighted by molar-refractivity contribution is -0.141. The molecule has 0 aliphatic carbocycles. The molecule has 1 N–H and O–H groups in total. The van der Waals surface area contributed by atoms with Crippen LogP contribution in [0.4, 0.5) is 8.78 Å². The van der Waals surface area contributed by atoms with E-state index in [2.05, 4.69) is 5.32 Å². The number of aromatic nitrogens is 1. The van der Waals surface area contributed by atoms with Crippen molar-refractivity contribution in [2.24, 2.45) is 0 Å². The van der Waals surface area contributed by atoms with E-state index in [1.807, 2.05) is 0 Å². The minimum Gasteiger partial charge on any atom is -0.376 e. The minimum atomic E-state index is -1.60. The maximum Gasteiger partial charge on any atom is 0.246 e. The molecule has 36 heavy (non-hydrogen) atoms. The van der Waals surface area contributed by atoms with Crippen LogP contribution in [0.1, 0.15) is 35.8 Å². The van der Waals surface area contributed by atoms with Crippen molar-refractivity contribution in [2.75, 3.05) is 13.7 Å². The van der Waals surface area contributed by atoms with Crippen LogP contribution < -0.4 is 5.32 Å². The van der Waals surface area contributed by atoms with E-state index in [1.54, 1.807) is 48.0 Å². The van der Waals surface area contributed by atoms with Crippen molar-refractivity contribution in [1.29, 1.82) is 0 Å². The molecule has 190 valence electrons. The van der Waals surface area contributed by atoms with Gasteiger partial charge in [-0.05, 0) is 26.0 Å². The number of hydrogen-bond acceptors (Lipinski definition) is 4. The Bertz CT molecular complexity index is 1330. The van der Waals surface area contributed by atoms with Crippen LogP contribution >= 0.6 is 11.6 Å². The third-order valence-electron chi connectivity index (χ3n) is 6.52. The number of rotatable bonds is 7. The number of para-hydroxylation sites is 1. The minimum absolute atomic E-state index is 0.0891. The van der Waals surface area contributed by atoms with Crippen LogP contribution in [-0.4, -0.2) is 59.0 Å². The summed E-state index contributed by atoms with van der Waals surface area (Å²) in [5, 5.41) is 3.27. The molecule has 2 amide bonds. The number of methoxy groups -OCH3 is 1. The quantitative estimate of drug-likeness (QED) is 0.479. The highest BCUT2D eigenvalue weighted by Gasteiger charge is 2.49. The number of likely N-dealkylation sites (tertiary alicyclic amines) is 1. The molecule has 0 saturated carbocycles. The van der Waals surface area contributed by atoms with Gasteiger partial charge in [0.2, 0.25) is 11.8 Å². The van der Waals surface area contributed by atoms with Crippen LogP contribution in [0.2, 0.25) is 5.02 Å². The van der Waals surface area contributed by atoms with Gasteiger partial charge in [0.05, 0.1) is 17.6 Å². The number of nitrogens with zero attached hydrogens (tertiary/aromatic N) is 2. The van der Waals surface area contributed by atoms with E-state index in [-0.39, 0.29) is 29.5 Å². The Morgan fingerprint density at radius 1 is 1.19 bits per heavy atom. The second-order valence-electron chi connectivity index (χ2n) is 8.82. The van der Waals surface area contributed by atoms with Crippen molar-refractivity contribution in [1.82, 2.24) is 14.8 Å². The monoisotopic (exact) mass is 517 g/mol. The number of ether oxygens (including phenoxy) is 1. The Morgan fingerprint density at radius 2 is 1.92 bits per heavy atom. The number of fused-ring (bicyclic) bond motifs is 1. The lowest BCUT2D eigenvalue weighted by atomic mass is 10.1. The van der Waals surface area contributed by atoms with Gasteiger partial charge < -0.3 is 19.5 Å². The van der Waals surface area contributed by atoms with E-state index in [0.29, 0.717) is 16.5 Å². The molecule has 1 fully saturated rings. The van der Waals surface area contributed by atoms with Gasteiger partial charge in [-0.3, -0.25) is 14.4 Å². The first-order valence-corrected chi connectivity index (χ1v) is 11.8. The van der Waals surface area contributed by atoms with Crippen molar-refractivity contribution in [3.63, 3.8) is 0 Å². The maximum atomic E-state index is 14.9. The second-order valence-corrected chi connectivity index (χ2v) is 9.23. The second kappa shape index (κ2) is 10.4. The summed E-state index contributed by atoms with van der Waals surface area (Å²) >= 11 is 5.86. The summed E-state index contributed by atoms with van der Waals surface area (Å²) in [6.45, 7) is 2.46. The highest BCUT2D eigenvalue weighted by atomic mass is 35.5. The van der Waals surface area contributed by atoms with E-state index in [0.717, 1.165) is 4.90 Å². The van der Waals surface area contributed by atoms with Crippen LogP contribution in [0, 0.1) is 5.82 Å². The van der Waals surface area contributed by atoms with Crippen molar-refractivity contribution < 1.29 is 27.9 Å². The Kier molecular flexibility index (Phi) is 7.42. The fourth-order valence-electron chi connectivity index (χ4n) is 4.73. The summed E-state index contributed by atoms with van der Waals surface area (Å²) in [6, 6.07) is 9.52. The predicted molar refractivity (Wildman–Crippen MR) is 131 cm³/mol. The van der Waals surface area contributed by atoms with Gasteiger partial charge in [0.25, 0.3) is 0 Å². The molecule has 0 bridgehead atoms. The number of hydrogen-bond donors (Lipinski definition) is 1. The standard InChI is InChI=1S/C26H26ClF2N3O4/c1-14(16-8-6-9-19(27)23(16)29)30-26(35)24-25(36-3)20(28)12-32(24)22(34)13-31-11-18(15(2)33)17-7-4-5-10-21(17)31/h4-11,14,20,24-25H,12-13H2,1-3H3,(H,30,35)/t14-,20+,24+,25-/m1/s1. The SMILES string of the molecule is CO[C@H]1[C@@H](C(=O)N[C@H](C)c2cccc(Cl)c2F)N(C(=O)Cn2cc(C(C)=O)c3ccccc32)C[C@@H]1F. The third-order valence-corrected chi connectivity index (χ3v) is 6.81. The molecule has 1 aliphatic rings. The molecule has 3 aromatic rings. The smallest absolute Gasteiger partial charge is 0.246 e. The molecule has 7 nitrogen and oxygen atoms in total. The summed E-state index contributed by atoms with van der Waals surface area (Å²) in [7, 11) is 1.27. The van der Waals surface area contributed by atoms with Crippen molar-refractivity contribution >= 4 is 40.1 Å². The number of Topliss-reactive ketones (excluding diaryl/α,β-unsaturated/α-hetero) is 1. The first-order valence-electron chi connectivity index (χ1n) is 11.4. The zero-order valence-electron chi connectivity index (χ0n) is 20.0. The Balaban J connectivity index is 1.59. The van der Waals surface area contributed by atoms with E-state index < -0.39 is 42.0 Å². The number of carbonyl (C=O) groups is 3. The molecule has 4 rings (SSSR count). The normalized spacial score (nSPS) is 20.5. The topological polar surface area (TPSA) is 80.6 Å². The van der Waals surface area contributed by atoms with Gasteiger partial charge in [0, 0.05) is 35.3 Å². The summed E-state index contributed by atoms with van der Waals surface area (Å²) in [5.41, 5.74) is 1.29. The third kappa shape index (κ3) is 4.73. The number of alkyl halides is 1. The lowest BCUT2D eigenvalue weighted by Gasteiger charge is -2.28. The lowest BCUT2D eigenvalue weighted by Crippen LogP contribution is -2.52. The van der Waals surface area contributed by atoms with Crippen molar-refractivity contribution in [3.8, 4) is 0 Å². The van der Waals surface area contributed by atoms with Gasteiger partial charge in [-0.2, -0.15) is 0 Å². The molecule has 1 aromatic heterocycles. The summed E-state index contributed by atoms with van der Waals surface area (Å²) < 4.78 is 36.2. The van der Waals surface area contributed by atoms with Crippen LogP contribution in [-0.2, 0) is 20.9 Å². The van der Waals surface area contributed by atoms with E-state index in [9.17, 15) is 23.2 Å². The first-order chi connectivity index (χ1) is 17.1. The van der Waals surface area contributed by atoms with E-state index >= 15 is 0 Å². The summed E-state index contributed by atoms with van der Waals surface area (Å²) in [4.78, 5) is 39.8. The largest absolute Gasteiger partial charge is 0.376 e. The molecule has 0 spiro atoms. The summed E-state index contributed by atoms with van der Waals surface area (Å²) in [5.74, 6) is -2.01. The molecule has 2 heterocycles. The zero-order valence-corrected chi connectivity index (χ0v) is 20.8. The number of carbonyl (C=O) groups excluding carboxylic acids is 3. The van der Waals surface area contributed by atoms with Crippen LogP contribution in [0.5, 0.6) is 0 Å². The predicted octanol–water partition coefficient (Wildman–Crippen LogP) is 4.08.